The van der Waals surface area contributed by atoms with Crippen LogP contribution < -0.4 is 4.74 Å². The molecule has 0 radical (unpaired) electrons. The van der Waals surface area contributed by atoms with Crippen LogP contribution in [0, 0.1) is 0 Å². The van der Waals surface area contributed by atoms with Crippen LogP contribution >= 0.6 is 0 Å². The summed E-state index contributed by atoms with van der Waals surface area (Å²) in [5.74, 6) is -0.219. The minimum absolute atomic E-state index is 0.0794. The Morgan fingerprint density at radius 3 is 2.54 bits per heavy atom. The van der Waals surface area contributed by atoms with E-state index in [0.717, 1.165) is 11.1 Å². The van der Waals surface area contributed by atoms with Crippen LogP contribution in [0.3, 0.4) is 0 Å². The van der Waals surface area contributed by atoms with Crippen LogP contribution in [0.5, 0.6) is 5.75 Å². The van der Waals surface area contributed by atoms with Gasteiger partial charge in [0.25, 0.3) is 0 Å². The highest BCUT2D eigenvalue weighted by atomic mass is 16.5. The summed E-state index contributed by atoms with van der Waals surface area (Å²) >= 11 is 0. The van der Waals surface area contributed by atoms with E-state index in [1.54, 1.807) is 25.3 Å². The van der Waals surface area contributed by atoms with Gasteiger partial charge in [0.2, 0.25) is 0 Å². The molecule has 0 atom stereocenters. The number of carbonyl (C=O) groups is 2. The van der Waals surface area contributed by atoms with E-state index < -0.39 is 11.9 Å². The van der Waals surface area contributed by atoms with E-state index in [0.29, 0.717) is 12.4 Å². The van der Waals surface area contributed by atoms with Crippen LogP contribution in [-0.4, -0.2) is 37.9 Å². The molecule has 0 heterocycles. The maximum Gasteiger partial charge on any atom is 0.330 e. The van der Waals surface area contributed by atoms with Crippen LogP contribution in [0.4, 0.5) is 0 Å². The zero-order valence-electron chi connectivity index (χ0n) is 15.7. The summed E-state index contributed by atoms with van der Waals surface area (Å²) in [4.78, 5) is 27.2. The van der Waals surface area contributed by atoms with Crippen LogP contribution in [0.25, 0.3) is 0 Å². The van der Waals surface area contributed by atoms with Gasteiger partial charge in [-0.3, -0.25) is 9.79 Å². The Kier molecular flexibility index (Phi) is 9.00. The summed E-state index contributed by atoms with van der Waals surface area (Å²) in [6, 6.07) is 16.7. The maximum atomic E-state index is 11.8. The Hall–Kier alpha value is -3.41. The molecule has 0 aliphatic carbocycles. The van der Waals surface area contributed by atoms with Gasteiger partial charge in [-0.15, -0.1) is 0 Å². The van der Waals surface area contributed by atoms with Crippen molar-refractivity contribution >= 4 is 18.2 Å². The number of carbonyl (C=O) groups excluding carboxylic acids is 2. The maximum absolute atomic E-state index is 11.8. The molecule has 0 aromatic heterocycles. The lowest BCUT2D eigenvalue weighted by molar-refractivity contribution is -0.143. The monoisotopic (exact) mass is 381 g/mol. The Balaban J connectivity index is 1.81. The van der Waals surface area contributed by atoms with Crippen molar-refractivity contribution in [3.05, 3.63) is 77.9 Å². The normalized spacial score (nSPS) is 10.9. The quantitative estimate of drug-likeness (QED) is 0.358. The molecule has 2 rings (SSSR count). The average molecular weight is 381 g/mol. The number of esters is 2. The second-order valence-corrected chi connectivity index (χ2v) is 5.62. The minimum Gasteiger partial charge on any atom is -0.489 e. The van der Waals surface area contributed by atoms with Crippen molar-refractivity contribution in [1.82, 2.24) is 0 Å². The van der Waals surface area contributed by atoms with Gasteiger partial charge in [-0.2, -0.15) is 0 Å². The van der Waals surface area contributed by atoms with Crippen LogP contribution in [0.2, 0.25) is 0 Å². The van der Waals surface area contributed by atoms with Gasteiger partial charge < -0.3 is 14.2 Å². The van der Waals surface area contributed by atoms with E-state index in [1.165, 1.54) is 6.08 Å². The molecule has 0 N–H and O–H groups in total. The fourth-order valence-electron chi connectivity index (χ4n) is 2.19. The fraction of sp³-hybridized carbons (Fsp3) is 0.227. The van der Waals surface area contributed by atoms with E-state index in [2.05, 4.69) is 4.99 Å². The van der Waals surface area contributed by atoms with Crippen LogP contribution in [-0.2, 0) is 25.7 Å². The van der Waals surface area contributed by atoms with Crippen LogP contribution in [0.15, 0.2) is 71.7 Å². The Labute approximate surface area is 164 Å². The standard InChI is InChI=1S/C22H23NO5/c1-2-26-21(24)13-8-14-27-20-12-7-6-11-19(20)15-23-16-22(25)28-17-18-9-4-3-5-10-18/h3-13,15H,2,14,16-17H2,1H3/b13-8+,23-15?. The van der Waals surface area contributed by atoms with Gasteiger partial charge >= 0.3 is 11.9 Å². The van der Waals surface area contributed by atoms with Crippen molar-refractivity contribution in [3.8, 4) is 5.75 Å². The van der Waals surface area contributed by atoms with Gasteiger partial charge in [0.1, 0.15) is 25.5 Å². The van der Waals surface area contributed by atoms with E-state index in [-0.39, 0.29) is 19.8 Å². The van der Waals surface area contributed by atoms with E-state index >= 15 is 0 Å². The summed E-state index contributed by atoms with van der Waals surface area (Å²) in [7, 11) is 0. The average Bonchev–Trinajstić information content (AvgIpc) is 2.71. The summed E-state index contributed by atoms with van der Waals surface area (Å²) < 4.78 is 15.6. The molecular weight excluding hydrogens is 358 g/mol. The Morgan fingerprint density at radius 1 is 1.00 bits per heavy atom. The smallest absolute Gasteiger partial charge is 0.330 e. The van der Waals surface area contributed by atoms with Crippen LogP contribution in [0.1, 0.15) is 18.1 Å². The first-order valence-corrected chi connectivity index (χ1v) is 8.93. The summed E-state index contributed by atoms with van der Waals surface area (Å²) in [6.45, 7) is 2.43. The highest BCUT2D eigenvalue weighted by molar-refractivity contribution is 5.85. The molecule has 0 saturated carbocycles. The Bertz CT molecular complexity index is 815. The largest absolute Gasteiger partial charge is 0.489 e. The summed E-state index contributed by atoms with van der Waals surface area (Å²) in [5.41, 5.74) is 1.65. The van der Waals surface area contributed by atoms with Gasteiger partial charge in [0.15, 0.2) is 0 Å². The molecule has 146 valence electrons. The first-order valence-electron chi connectivity index (χ1n) is 8.93. The summed E-state index contributed by atoms with van der Waals surface area (Å²) in [6.07, 6.45) is 4.46. The highest BCUT2D eigenvalue weighted by Gasteiger charge is 2.03. The number of ether oxygens (including phenoxy) is 3. The molecule has 28 heavy (non-hydrogen) atoms. The molecule has 0 aliphatic rings. The second-order valence-electron chi connectivity index (χ2n) is 5.62. The zero-order chi connectivity index (χ0) is 20.0. The molecule has 2 aromatic rings. The molecule has 0 unspecified atom stereocenters. The van der Waals surface area contributed by atoms with Gasteiger partial charge in [-0.05, 0) is 30.7 Å². The molecule has 0 aliphatic heterocycles. The molecule has 6 heteroatoms. The number of benzene rings is 2. The lowest BCUT2D eigenvalue weighted by Gasteiger charge is -2.06. The predicted molar refractivity (Wildman–Crippen MR) is 106 cm³/mol. The van der Waals surface area contributed by atoms with Crippen molar-refractivity contribution in [2.75, 3.05) is 19.8 Å². The third kappa shape index (κ3) is 7.86. The Morgan fingerprint density at radius 2 is 1.75 bits per heavy atom. The molecule has 0 amide bonds. The van der Waals surface area contributed by atoms with Gasteiger partial charge in [0, 0.05) is 17.9 Å². The van der Waals surface area contributed by atoms with Crippen molar-refractivity contribution < 1.29 is 23.8 Å². The van der Waals surface area contributed by atoms with Gasteiger partial charge in [0.05, 0.1) is 6.61 Å². The molecule has 0 fully saturated rings. The molecule has 2 aromatic carbocycles. The molecule has 0 bridgehead atoms. The molecule has 0 spiro atoms. The van der Waals surface area contributed by atoms with Gasteiger partial charge in [-0.25, -0.2) is 4.79 Å². The first kappa shape index (κ1) is 20.9. The molecule has 6 nitrogen and oxygen atoms in total. The highest BCUT2D eigenvalue weighted by Crippen LogP contribution is 2.15. The fourth-order valence-corrected chi connectivity index (χ4v) is 2.19. The third-order valence-corrected chi connectivity index (χ3v) is 3.49. The second kappa shape index (κ2) is 12.1. The number of aliphatic imine (C=N–C) groups is 1. The minimum atomic E-state index is -0.407. The number of nitrogens with zero attached hydrogens (tertiary/aromatic N) is 1. The van der Waals surface area contributed by atoms with Crippen molar-refractivity contribution in [1.29, 1.82) is 0 Å². The summed E-state index contributed by atoms with van der Waals surface area (Å²) in [5, 5.41) is 0. The van der Waals surface area contributed by atoms with Gasteiger partial charge in [-0.1, -0.05) is 42.5 Å². The van der Waals surface area contributed by atoms with E-state index in [1.807, 2.05) is 48.5 Å². The van der Waals surface area contributed by atoms with Crippen molar-refractivity contribution in [3.63, 3.8) is 0 Å². The SMILES string of the molecule is CCOC(=O)/C=C/COc1ccccc1C=NCC(=O)OCc1ccccc1. The number of hydrogen-bond donors (Lipinski definition) is 0. The zero-order valence-corrected chi connectivity index (χ0v) is 15.7. The third-order valence-electron chi connectivity index (χ3n) is 3.49. The lowest BCUT2D eigenvalue weighted by atomic mass is 10.2. The molecular formula is C22H23NO5. The van der Waals surface area contributed by atoms with Crippen molar-refractivity contribution in [2.24, 2.45) is 4.99 Å². The molecule has 0 saturated heterocycles. The topological polar surface area (TPSA) is 74.2 Å². The van der Waals surface area contributed by atoms with Crippen molar-refractivity contribution in [2.45, 2.75) is 13.5 Å². The number of rotatable bonds is 10. The number of hydrogen-bond acceptors (Lipinski definition) is 6. The van der Waals surface area contributed by atoms with E-state index in [4.69, 9.17) is 14.2 Å². The predicted octanol–water partition coefficient (Wildman–Crippen LogP) is 3.35. The lowest BCUT2D eigenvalue weighted by Crippen LogP contribution is -2.08. The van der Waals surface area contributed by atoms with E-state index in [9.17, 15) is 9.59 Å². The first-order chi connectivity index (χ1) is 13.7. The number of para-hydroxylation sites is 1.